The lowest BCUT2D eigenvalue weighted by molar-refractivity contribution is -0.120. The molecule has 7 nitrogen and oxygen atoms in total. The Hall–Kier alpha value is -2.28. The monoisotopic (exact) mass is 265 g/mol. The lowest BCUT2D eigenvalue weighted by Crippen LogP contribution is -2.58. The number of nitrogens with one attached hydrogen (secondary N) is 1. The maximum Gasteiger partial charge on any atom is 0.329 e. The van der Waals surface area contributed by atoms with E-state index in [4.69, 9.17) is 15.2 Å². The van der Waals surface area contributed by atoms with Crippen LogP contribution in [0.1, 0.15) is 6.42 Å². The van der Waals surface area contributed by atoms with Gasteiger partial charge in [0.2, 0.25) is 5.91 Å². The fourth-order valence-electron chi connectivity index (χ4n) is 1.95. The molecule has 19 heavy (non-hydrogen) atoms. The average Bonchev–Trinajstić information content (AvgIpc) is 2.37. The molecule has 3 N–H and O–H groups in total. The van der Waals surface area contributed by atoms with Crippen LogP contribution < -0.4 is 25.4 Å². The number of amides is 3. The van der Waals surface area contributed by atoms with Gasteiger partial charge in [0.1, 0.15) is 0 Å². The van der Waals surface area contributed by atoms with Crippen molar-refractivity contribution in [3.63, 3.8) is 0 Å². The molecule has 0 bridgehead atoms. The molecule has 0 saturated carbocycles. The van der Waals surface area contributed by atoms with Crippen molar-refractivity contribution >= 4 is 17.6 Å². The number of hydrogen-bond acceptors (Lipinski definition) is 5. The van der Waals surface area contributed by atoms with Crippen LogP contribution in [-0.4, -0.2) is 32.3 Å². The highest BCUT2D eigenvalue weighted by Crippen LogP contribution is 2.32. The minimum Gasteiger partial charge on any atom is -0.493 e. The number of nitrogens with zero attached hydrogens (tertiary/aromatic N) is 1. The van der Waals surface area contributed by atoms with Crippen molar-refractivity contribution in [2.75, 3.05) is 19.1 Å². The number of nitrogens with two attached hydrogens (primary N) is 1. The number of benzene rings is 1. The Morgan fingerprint density at radius 2 is 1.95 bits per heavy atom. The van der Waals surface area contributed by atoms with Gasteiger partial charge in [-0.25, -0.2) is 4.79 Å². The summed E-state index contributed by atoms with van der Waals surface area (Å²) in [5, 5.41) is 2.22. The van der Waals surface area contributed by atoms with E-state index >= 15 is 0 Å². The van der Waals surface area contributed by atoms with Crippen molar-refractivity contribution in [2.24, 2.45) is 5.73 Å². The van der Waals surface area contributed by atoms with Crippen LogP contribution in [0.3, 0.4) is 0 Å². The van der Waals surface area contributed by atoms with Crippen LogP contribution in [0.2, 0.25) is 0 Å². The summed E-state index contributed by atoms with van der Waals surface area (Å²) in [7, 11) is 3.02. The van der Waals surface area contributed by atoms with Crippen molar-refractivity contribution < 1.29 is 19.1 Å². The average molecular weight is 265 g/mol. The van der Waals surface area contributed by atoms with Crippen LogP contribution in [0.4, 0.5) is 10.5 Å². The fraction of sp³-hybridized carbons (Fsp3) is 0.333. The zero-order valence-corrected chi connectivity index (χ0v) is 10.7. The molecule has 1 unspecified atom stereocenters. The second-order valence-corrected chi connectivity index (χ2v) is 4.03. The standard InChI is InChI=1S/C12H15N3O4/c1-18-8-4-3-7(5-9(8)19-2)15-10(13)6-11(16)14-12(15)17/h3-5,10H,6,13H2,1-2H3,(H,14,16,17). The summed E-state index contributed by atoms with van der Waals surface area (Å²) in [6, 6.07) is 4.44. The van der Waals surface area contributed by atoms with Gasteiger partial charge in [-0.15, -0.1) is 0 Å². The number of urea groups is 1. The molecule has 1 aromatic carbocycles. The summed E-state index contributed by atoms with van der Waals surface area (Å²) in [5.41, 5.74) is 6.36. The summed E-state index contributed by atoms with van der Waals surface area (Å²) in [6.07, 6.45) is -0.639. The highest BCUT2D eigenvalue weighted by molar-refractivity contribution is 6.06. The summed E-state index contributed by atoms with van der Waals surface area (Å²) in [6.45, 7) is 0. The molecule has 1 aromatic rings. The number of rotatable bonds is 3. The van der Waals surface area contributed by atoms with Crippen molar-refractivity contribution in [3.05, 3.63) is 18.2 Å². The molecule has 0 spiro atoms. The molecular weight excluding hydrogens is 250 g/mol. The van der Waals surface area contributed by atoms with E-state index in [-0.39, 0.29) is 12.3 Å². The molecule has 0 aliphatic carbocycles. The number of methoxy groups -OCH3 is 2. The second kappa shape index (κ2) is 5.15. The maximum absolute atomic E-state index is 11.8. The van der Waals surface area contributed by atoms with Crippen LogP contribution >= 0.6 is 0 Å². The van der Waals surface area contributed by atoms with Crippen molar-refractivity contribution in [1.82, 2.24) is 5.32 Å². The predicted molar refractivity (Wildman–Crippen MR) is 68.2 cm³/mol. The number of hydrogen-bond donors (Lipinski definition) is 2. The van der Waals surface area contributed by atoms with Gasteiger partial charge in [-0.3, -0.25) is 15.0 Å². The van der Waals surface area contributed by atoms with Crippen LogP contribution in [-0.2, 0) is 4.79 Å². The number of carbonyl (C=O) groups is 2. The minimum atomic E-state index is -0.695. The third-order valence-electron chi connectivity index (χ3n) is 2.84. The van der Waals surface area contributed by atoms with Crippen molar-refractivity contribution in [1.29, 1.82) is 0 Å². The van der Waals surface area contributed by atoms with Gasteiger partial charge in [0, 0.05) is 6.07 Å². The van der Waals surface area contributed by atoms with E-state index in [0.29, 0.717) is 17.2 Å². The number of imide groups is 1. The molecule has 1 saturated heterocycles. The number of ether oxygens (including phenoxy) is 2. The molecule has 7 heteroatoms. The van der Waals surface area contributed by atoms with E-state index in [0.717, 1.165) is 0 Å². The van der Waals surface area contributed by atoms with Crippen LogP contribution in [0, 0.1) is 0 Å². The quantitative estimate of drug-likeness (QED) is 0.826. The van der Waals surface area contributed by atoms with Crippen LogP contribution in [0.5, 0.6) is 11.5 Å². The summed E-state index contributed by atoms with van der Waals surface area (Å²) in [5.74, 6) is 0.652. The van der Waals surface area contributed by atoms with Crippen molar-refractivity contribution in [2.45, 2.75) is 12.6 Å². The fourth-order valence-corrected chi connectivity index (χ4v) is 1.95. The molecule has 1 atom stereocenters. The van der Waals surface area contributed by atoms with Gasteiger partial charge < -0.3 is 15.2 Å². The minimum absolute atomic E-state index is 0.0556. The van der Waals surface area contributed by atoms with Gasteiger partial charge in [0.25, 0.3) is 0 Å². The van der Waals surface area contributed by atoms with Gasteiger partial charge in [0.05, 0.1) is 32.5 Å². The van der Waals surface area contributed by atoms with Gasteiger partial charge in [0.15, 0.2) is 11.5 Å². The van der Waals surface area contributed by atoms with E-state index in [1.807, 2.05) is 0 Å². The topological polar surface area (TPSA) is 93.9 Å². The lowest BCUT2D eigenvalue weighted by Gasteiger charge is -2.32. The molecule has 1 aliphatic heterocycles. The van der Waals surface area contributed by atoms with Crippen molar-refractivity contribution in [3.8, 4) is 11.5 Å². The molecule has 0 radical (unpaired) electrons. The van der Waals surface area contributed by atoms with Gasteiger partial charge in [-0.1, -0.05) is 0 Å². The molecule has 1 aliphatic rings. The van der Waals surface area contributed by atoms with E-state index in [1.54, 1.807) is 18.2 Å². The van der Waals surface area contributed by atoms with Gasteiger partial charge >= 0.3 is 6.03 Å². The summed E-state index contributed by atoms with van der Waals surface area (Å²) < 4.78 is 10.3. The predicted octanol–water partition coefficient (Wildman–Crippen LogP) is 0.435. The third kappa shape index (κ3) is 2.45. The molecular formula is C12H15N3O4. The lowest BCUT2D eigenvalue weighted by atomic mass is 10.2. The SMILES string of the molecule is COc1ccc(N2C(=O)NC(=O)CC2N)cc1OC. The molecule has 102 valence electrons. The Morgan fingerprint density at radius 3 is 2.53 bits per heavy atom. The Balaban J connectivity index is 2.35. The summed E-state index contributed by atoms with van der Waals surface area (Å²) in [4.78, 5) is 24.3. The van der Waals surface area contributed by atoms with E-state index in [1.165, 1.54) is 19.1 Å². The second-order valence-electron chi connectivity index (χ2n) is 4.03. The Morgan fingerprint density at radius 1 is 1.26 bits per heavy atom. The molecule has 0 aromatic heterocycles. The molecule has 1 heterocycles. The first-order valence-electron chi connectivity index (χ1n) is 5.67. The Kier molecular flexibility index (Phi) is 3.57. The summed E-state index contributed by atoms with van der Waals surface area (Å²) >= 11 is 0. The normalized spacial score (nSPS) is 19.1. The third-order valence-corrected chi connectivity index (χ3v) is 2.84. The smallest absolute Gasteiger partial charge is 0.329 e. The van der Waals surface area contributed by atoms with Crippen LogP contribution in [0.25, 0.3) is 0 Å². The molecule has 3 amide bonds. The Labute approximate surface area is 110 Å². The Bertz CT molecular complexity index is 518. The highest BCUT2D eigenvalue weighted by Gasteiger charge is 2.31. The van der Waals surface area contributed by atoms with Gasteiger partial charge in [-0.2, -0.15) is 0 Å². The number of anilines is 1. The van der Waals surface area contributed by atoms with E-state index in [2.05, 4.69) is 5.32 Å². The zero-order valence-electron chi connectivity index (χ0n) is 10.7. The highest BCUT2D eigenvalue weighted by atomic mass is 16.5. The van der Waals surface area contributed by atoms with Gasteiger partial charge in [-0.05, 0) is 12.1 Å². The zero-order chi connectivity index (χ0) is 14.0. The maximum atomic E-state index is 11.8. The largest absolute Gasteiger partial charge is 0.493 e. The molecule has 2 rings (SSSR count). The van der Waals surface area contributed by atoms with E-state index < -0.39 is 12.2 Å². The first-order chi connectivity index (χ1) is 9.06. The first-order valence-corrected chi connectivity index (χ1v) is 5.67. The van der Waals surface area contributed by atoms with Crippen LogP contribution in [0.15, 0.2) is 18.2 Å². The first kappa shape index (κ1) is 13.2. The number of carbonyl (C=O) groups excluding carboxylic acids is 2. The van der Waals surface area contributed by atoms with E-state index in [9.17, 15) is 9.59 Å². The molecule has 1 fully saturated rings.